The molecule has 1 nitrogen and oxygen atoms in total. The lowest BCUT2D eigenvalue weighted by molar-refractivity contribution is 0.221. The molecule has 2 rings (SSSR count). The van der Waals surface area contributed by atoms with Crippen LogP contribution < -0.4 is 0 Å². The minimum Gasteiger partial charge on any atom is -0.383 e. The maximum atomic E-state index is 10.6. The van der Waals surface area contributed by atoms with Gasteiger partial charge in [-0.15, -0.1) is 11.3 Å². The molecule has 0 aliphatic heterocycles. The van der Waals surface area contributed by atoms with E-state index in [1.165, 1.54) is 5.56 Å². The van der Waals surface area contributed by atoms with Crippen molar-refractivity contribution in [2.45, 2.75) is 32.3 Å². The lowest BCUT2D eigenvalue weighted by Gasteiger charge is -2.24. The van der Waals surface area contributed by atoms with Crippen LogP contribution in [0.1, 0.15) is 42.9 Å². The molecule has 1 aromatic heterocycles. The molecule has 1 atom stereocenters. The predicted octanol–water partition coefficient (Wildman–Crippen LogP) is 5.65. The largest absolute Gasteiger partial charge is 0.383 e. The van der Waals surface area contributed by atoms with Gasteiger partial charge in [-0.3, -0.25) is 0 Å². The minimum atomic E-state index is -0.581. The van der Waals surface area contributed by atoms with Gasteiger partial charge in [-0.25, -0.2) is 0 Å². The smallest absolute Gasteiger partial charge is 0.114 e. The van der Waals surface area contributed by atoms with Crippen molar-refractivity contribution in [2.75, 3.05) is 0 Å². The summed E-state index contributed by atoms with van der Waals surface area (Å²) >= 11 is 8.50. The maximum absolute atomic E-state index is 10.6. The van der Waals surface area contributed by atoms with Crippen molar-refractivity contribution < 1.29 is 5.11 Å². The summed E-state index contributed by atoms with van der Waals surface area (Å²) < 4.78 is 1.99. The lowest BCUT2D eigenvalue weighted by atomic mass is 9.82. The van der Waals surface area contributed by atoms with Gasteiger partial charge in [0.1, 0.15) is 6.10 Å². The van der Waals surface area contributed by atoms with E-state index in [2.05, 4.69) is 58.7 Å². The zero-order valence-corrected chi connectivity index (χ0v) is 15.1. The molecule has 19 heavy (non-hydrogen) atoms. The third kappa shape index (κ3) is 3.30. The Hall–Kier alpha value is -0.160. The normalized spacial score (nSPS) is 13.6. The summed E-state index contributed by atoms with van der Waals surface area (Å²) in [5, 5.41) is 10.6. The highest BCUT2D eigenvalue weighted by Crippen LogP contribution is 2.39. The van der Waals surface area contributed by atoms with Gasteiger partial charge in [0.25, 0.3) is 0 Å². The number of thiophene rings is 1. The first-order chi connectivity index (χ1) is 8.80. The van der Waals surface area contributed by atoms with Gasteiger partial charge < -0.3 is 5.11 Å². The zero-order valence-electron chi connectivity index (χ0n) is 11.1. The Morgan fingerprint density at radius 3 is 2.32 bits per heavy atom. The summed E-state index contributed by atoms with van der Waals surface area (Å²) in [6.45, 7) is 6.50. The van der Waals surface area contributed by atoms with Crippen LogP contribution in [0.25, 0.3) is 0 Å². The molecule has 1 N–H and O–H groups in total. The fraction of sp³-hybridized carbons (Fsp3) is 0.333. The van der Waals surface area contributed by atoms with E-state index in [1.54, 1.807) is 11.3 Å². The molecule has 0 fully saturated rings. The van der Waals surface area contributed by atoms with Gasteiger partial charge in [-0.2, -0.15) is 0 Å². The van der Waals surface area contributed by atoms with Gasteiger partial charge in [0, 0.05) is 9.35 Å². The van der Waals surface area contributed by atoms with E-state index in [0.29, 0.717) is 0 Å². The molecule has 0 amide bonds. The molecule has 0 aliphatic carbocycles. The summed E-state index contributed by atoms with van der Waals surface area (Å²) in [6.07, 6.45) is -0.581. The van der Waals surface area contributed by atoms with Gasteiger partial charge in [0.2, 0.25) is 0 Å². The van der Waals surface area contributed by atoms with Crippen molar-refractivity contribution >= 4 is 43.2 Å². The fourth-order valence-electron chi connectivity index (χ4n) is 2.07. The lowest BCUT2D eigenvalue weighted by Crippen LogP contribution is -2.16. The van der Waals surface area contributed by atoms with Crippen molar-refractivity contribution in [3.05, 3.63) is 54.6 Å². The quantitative estimate of drug-likeness (QED) is 0.686. The van der Waals surface area contributed by atoms with E-state index in [-0.39, 0.29) is 5.41 Å². The second-order valence-electron chi connectivity index (χ2n) is 5.51. The Morgan fingerprint density at radius 1 is 1.16 bits per heavy atom. The number of hydrogen-bond donors (Lipinski definition) is 1. The highest BCUT2D eigenvalue weighted by Gasteiger charge is 2.23. The van der Waals surface area contributed by atoms with Gasteiger partial charge >= 0.3 is 0 Å². The van der Waals surface area contributed by atoms with Crippen molar-refractivity contribution in [3.8, 4) is 0 Å². The van der Waals surface area contributed by atoms with Crippen molar-refractivity contribution in [1.82, 2.24) is 0 Å². The first-order valence-electron chi connectivity index (χ1n) is 6.03. The highest BCUT2D eigenvalue weighted by atomic mass is 79.9. The van der Waals surface area contributed by atoms with Crippen LogP contribution in [0.2, 0.25) is 0 Å². The zero-order chi connectivity index (χ0) is 14.2. The van der Waals surface area contributed by atoms with Crippen LogP contribution in [0.3, 0.4) is 0 Å². The molecule has 0 spiro atoms. The van der Waals surface area contributed by atoms with Crippen LogP contribution in [0.15, 0.2) is 38.6 Å². The molecule has 0 saturated carbocycles. The van der Waals surface area contributed by atoms with Crippen LogP contribution in [0.4, 0.5) is 0 Å². The van der Waals surface area contributed by atoms with Gasteiger partial charge in [0.15, 0.2) is 0 Å². The summed E-state index contributed by atoms with van der Waals surface area (Å²) in [5.41, 5.74) is 2.18. The first kappa shape index (κ1) is 15.2. The summed E-state index contributed by atoms with van der Waals surface area (Å²) in [7, 11) is 0. The van der Waals surface area contributed by atoms with Crippen molar-refractivity contribution in [1.29, 1.82) is 0 Å². The van der Waals surface area contributed by atoms with E-state index in [1.807, 2.05) is 24.3 Å². The van der Waals surface area contributed by atoms with E-state index < -0.39 is 6.10 Å². The fourth-order valence-corrected chi connectivity index (χ4v) is 4.16. The topological polar surface area (TPSA) is 20.2 Å². The van der Waals surface area contributed by atoms with Crippen LogP contribution in [0, 0.1) is 0 Å². The predicted molar refractivity (Wildman–Crippen MR) is 88.9 cm³/mol. The van der Waals surface area contributed by atoms with E-state index in [0.717, 1.165) is 18.7 Å². The van der Waals surface area contributed by atoms with E-state index in [9.17, 15) is 5.11 Å². The Morgan fingerprint density at radius 2 is 1.79 bits per heavy atom. The van der Waals surface area contributed by atoms with Crippen molar-refractivity contribution in [3.63, 3.8) is 0 Å². The SMILES string of the molecule is CC(C)(C)c1ccccc1C(O)c1cc(Br)c(Br)s1. The molecule has 1 unspecified atom stereocenters. The third-order valence-electron chi connectivity index (χ3n) is 3.00. The summed E-state index contributed by atoms with van der Waals surface area (Å²) in [6, 6.07) is 10.1. The Labute approximate surface area is 134 Å². The molecule has 0 aliphatic rings. The molecule has 0 radical (unpaired) electrons. The van der Waals surface area contributed by atoms with Gasteiger partial charge in [-0.05, 0) is 54.5 Å². The second-order valence-corrected chi connectivity index (χ2v) is 8.77. The number of hydrogen-bond acceptors (Lipinski definition) is 2. The van der Waals surface area contributed by atoms with Crippen LogP contribution in [0.5, 0.6) is 0 Å². The summed E-state index contributed by atoms with van der Waals surface area (Å²) in [5.74, 6) is 0. The molecule has 1 heterocycles. The third-order valence-corrected chi connectivity index (χ3v) is 6.31. The number of benzene rings is 1. The number of halogens is 2. The number of aliphatic hydroxyl groups excluding tert-OH is 1. The maximum Gasteiger partial charge on any atom is 0.114 e. The second kappa shape index (κ2) is 5.68. The Bertz CT molecular complexity index is 565. The van der Waals surface area contributed by atoms with Crippen molar-refractivity contribution in [2.24, 2.45) is 0 Å². The Kier molecular flexibility index (Phi) is 4.56. The first-order valence-corrected chi connectivity index (χ1v) is 8.43. The molecular formula is C15H16Br2OS. The van der Waals surface area contributed by atoms with Crippen LogP contribution in [-0.2, 0) is 5.41 Å². The van der Waals surface area contributed by atoms with Crippen LogP contribution >= 0.6 is 43.2 Å². The minimum absolute atomic E-state index is 0.0172. The molecule has 0 bridgehead atoms. The monoisotopic (exact) mass is 402 g/mol. The molecule has 0 saturated heterocycles. The highest BCUT2D eigenvalue weighted by molar-refractivity contribution is 9.13. The molecule has 4 heteroatoms. The molecular weight excluding hydrogens is 388 g/mol. The molecule has 2 aromatic rings. The molecule has 1 aromatic carbocycles. The standard InChI is InChI=1S/C15H16Br2OS/c1-15(2,3)10-7-5-4-6-9(10)13(18)12-8-11(16)14(17)19-12/h4-8,13,18H,1-3H3. The van der Waals surface area contributed by atoms with E-state index >= 15 is 0 Å². The summed E-state index contributed by atoms with van der Waals surface area (Å²) in [4.78, 5) is 0.940. The number of aliphatic hydroxyl groups is 1. The Balaban J connectivity index is 2.47. The van der Waals surface area contributed by atoms with Gasteiger partial charge in [0.05, 0.1) is 3.79 Å². The van der Waals surface area contributed by atoms with Gasteiger partial charge in [-0.1, -0.05) is 45.0 Å². The molecule has 102 valence electrons. The van der Waals surface area contributed by atoms with Crippen LogP contribution in [-0.4, -0.2) is 5.11 Å². The number of rotatable bonds is 2. The van der Waals surface area contributed by atoms with E-state index in [4.69, 9.17) is 0 Å². The average Bonchev–Trinajstić information content (AvgIpc) is 2.68. The average molecular weight is 404 g/mol.